The molecule has 5 heteroatoms. The number of hydrogen-bond acceptors (Lipinski definition) is 3. The number of carbonyl (C=O) groups excluding carboxylic acids is 1. The summed E-state index contributed by atoms with van der Waals surface area (Å²) in [6.45, 7) is 6.90. The Hall–Kier alpha value is -1.64. The highest BCUT2D eigenvalue weighted by molar-refractivity contribution is 9.10. The van der Waals surface area contributed by atoms with Gasteiger partial charge in [0.05, 0.1) is 11.1 Å². The van der Waals surface area contributed by atoms with Gasteiger partial charge in [0.15, 0.2) is 0 Å². The van der Waals surface area contributed by atoms with Crippen LogP contribution in [0.15, 0.2) is 28.7 Å². The molecule has 1 amide bonds. The topological polar surface area (TPSA) is 52.9 Å². The Morgan fingerprint density at radius 1 is 1.42 bits per heavy atom. The fourth-order valence-corrected chi connectivity index (χ4v) is 5.30. The van der Waals surface area contributed by atoms with Crippen LogP contribution in [0.25, 0.3) is 0 Å². The first-order chi connectivity index (χ1) is 12.4. The third kappa shape index (κ3) is 3.58. The molecule has 1 N–H and O–H groups in total. The quantitative estimate of drug-likeness (QED) is 0.629. The molecule has 26 heavy (non-hydrogen) atoms. The number of nitrogens with zero attached hydrogens (tertiary/aromatic N) is 1. The fraction of sp³-hybridized carbons (Fsp3) is 0.429. The molecule has 1 aliphatic rings. The number of halogens is 1. The normalized spacial score (nSPS) is 16.7. The molecule has 1 aromatic carbocycles. The molecule has 0 saturated heterocycles. The molecule has 0 unspecified atom stereocenters. The molecule has 136 valence electrons. The van der Waals surface area contributed by atoms with Crippen LogP contribution in [0.4, 0.5) is 5.00 Å². The molecule has 3 nitrogen and oxygen atoms in total. The standard InChI is InChI=1S/C21H23BrN2OS/c1-4-21(2,3)13-9-10-14-16(12-23)20(26-18(14)11-13)24-19(25)15-7-5-6-8-17(15)22/h5-8,13H,4,9-11H2,1-3H3,(H,24,25)/t13-/m0/s1. The van der Waals surface area contributed by atoms with E-state index in [1.165, 1.54) is 4.88 Å². The average molecular weight is 431 g/mol. The smallest absolute Gasteiger partial charge is 0.257 e. The number of amides is 1. The summed E-state index contributed by atoms with van der Waals surface area (Å²) >= 11 is 4.99. The van der Waals surface area contributed by atoms with E-state index in [2.05, 4.69) is 48.1 Å². The van der Waals surface area contributed by atoms with Gasteiger partial charge < -0.3 is 5.32 Å². The van der Waals surface area contributed by atoms with E-state index in [1.807, 2.05) is 18.2 Å². The summed E-state index contributed by atoms with van der Waals surface area (Å²) in [6.07, 6.45) is 4.18. The van der Waals surface area contributed by atoms with Gasteiger partial charge in [0.25, 0.3) is 5.91 Å². The first-order valence-corrected chi connectivity index (χ1v) is 10.6. The molecule has 0 fully saturated rings. The molecular formula is C21H23BrN2OS. The van der Waals surface area contributed by atoms with Gasteiger partial charge in [0, 0.05) is 9.35 Å². The zero-order chi connectivity index (χ0) is 18.9. The Morgan fingerprint density at radius 3 is 2.81 bits per heavy atom. The van der Waals surface area contributed by atoms with E-state index < -0.39 is 0 Å². The second kappa shape index (κ2) is 7.54. The summed E-state index contributed by atoms with van der Waals surface area (Å²) in [5.41, 5.74) is 2.67. The van der Waals surface area contributed by atoms with Crippen LogP contribution in [0, 0.1) is 22.7 Å². The van der Waals surface area contributed by atoms with Crippen molar-refractivity contribution in [1.29, 1.82) is 5.26 Å². The number of carbonyl (C=O) groups is 1. The van der Waals surface area contributed by atoms with Crippen molar-refractivity contribution in [3.8, 4) is 6.07 Å². The largest absolute Gasteiger partial charge is 0.312 e. The van der Waals surface area contributed by atoms with Crippen LogP contribution in [0.2, 0.25) is 0 Å². The molecule has 0 aliphatic heterocycles. The predicted octanol–water partition coefficient (Wildman–Crippen LogP) is 6.18. The maximum Gasteiger partial charge on any atom is 0.257 e. The molecule has 0 saturated carbocycles. The minimum Gasteiger partial charge on any atom is -0.312 e. The maximum atomic E-state index is 12.6. The van der Waals surface area contributed by atoms with Crippen molar-refractivity contribution in [2.24, 2.45) is 11.3 Å². The number of nitriles is 1. The summed E-state index contributed by atoms with van der Waals surface area (Å²) in [7, 11) is 0. The van der Waals surface area contributed by atoms with Gasteiger partial charge in [0.1, 0.15) is 11.1 Å². The number of hydrogen-bond donors (Lipinski definition) is 1. The zero-order valence-electron chi connectivity index (χ0n) is 15.4. The molecular weight excluding hydrogens is 408 g/mol. The van der Waals surface area contributed by atoms with Crippen molar-refractivity contribution in [2.75, 3.05) is 5.32 Å². The van der Waals surface area contributed by atoms with Gasteiger partial charge in [-0.2, -0.15) is 5.26 Å². The van der Waals surface area contributed by atoms with E-state index in [1.54, 1.807) is 17.4 Å². The summed E-state index contributed by atoms with van der Waals surface area (Å²) in [4.78, 5) is 13.9. The Labute approximate surface area is 167 Å². The second-order valence-corrected chi connectivity index (χ2v) is 9.50. The van der Waals surface area contributed by atoms with Gasteiger partial charge in [-0.1, -0.05) is 39.3 Å². The fourth-order valence-electron chi connectivity index (χ4n) is 3.56. The van der Waals surface area contributed by atoms with E-state index in [0.717, 1.165) is 35.7 Å². The lowest BCUT2D eigenvalue weighted by Gasteiger charge is -2.36. The van der Waals surface area contributed by atoms with E-state index in [4.69, 9.17) is 0 Å². The number of fused-ring (bicyclic) bond motifs is 1. The van der Waals surface area contributed by atoms with Gasteiger partial charge in [-0.15, -0.1) is 11.3 Å². The van der Waals surface area contributed by atoms with E-state index in [-0.39, 0.29) is 5.91 Å². The van der Waals surface area contributed by atoms with Crippen LogP contribution in [0.5, 0.6) is 0 Å². The second-order valence-electron chi connectivity index (χ2n) is 7.54. The van der Waals surface area contributed by atoms with Crippen molar-refractivity contribution in [2.45, 2.75) is 46.5 Å². The maximum absolute atomic E-state index is 12.6. The lowest BCUT2D eigenvalue weighted by atomic mass is 9.69. The Morgan fingerprint density at radius 2 is 2.15 bits per heavy atom. The van der Waals surface area contributed by atoms with Gasteiger partial charge in [0.2, 0.25) is 0 Å². The minimum absolute atomic E-state index is 0.182. The first-order valence-electron chi connectivity index (χ1n) is 8.98. The van der Waals surface area contributed by atoms with Crippen molar-refractivity contribution in [1.82, 2.24) is 0 Å². The Kier molecular flexibility index (Phi) is 5.55. The molecule has 2 aromatic rings. The molecule has 0 radical (unpaired) electrons. The number of thiophene rings is 1. The lowest BCUT2D eigenvalue weighted by molar-refractivity contribution is 0.102. The van der Waals surface area contributed by atoms with Crippen molar-refractivity contribution < 1.29 is 4.79 Å². The van der Waals surface area contributed by atoms with Crippen LogP contribution >= 0.6 is 27.3 Å². The predicted molar refractivity (Wildman–Crippen MR) is 111 cm³/mol. The van der Waals surface area contributed by atoms with Crippen molar-refractivity contribution >= 4 is 38.2 Å². The highest BCUT2D eigenvalue weighted by atomic mass is 79.9. The molecule has 1 atom stereocenters. The molecule has 1 aromatic heterocycles. The number of nitrogens with one attached hydrogen (secondary N) is 1. The zero-order valence-corrected chi connectivity index (χ0v) is 17.8. The monoisotopic (exact) mass is 430 g/mol. The van der Waals surface area contributed by atoms with Crippen molar-refractivity contribution in [3.63, 3.8) is 0 Å². The van der Waals surface area contributed by atoms with Crippen LogP contribution < -0.4 is 5.32 Å². The van der Waals surface area contributed by atoms with Gasteiger partial charge in [-0.3, -0.25) is 4.79 Å². The first kappa shape index (κ1) is 19.1. The lowest BCUT2D eigenvalue weighted by Crippen LogP contribution is -2.28. The number of rotatable bonds is 4. The van der Waals surface area contributed by atoms with Crippen LogP contribution in [0.3, 0.4) is 0 Å². The highest BCUT2D eigenvalue weighted by Gasteiger charge is 2.34. The molecule has 1 heterocycles. The van der Waals surface area contributed by atoms with E-state index in [9.17, 15) is 10.1 Å². The Bertz CT molecular complexity index is 879. The molecule has 1 aliphatic carbocycles. The molecule has 0 bridgehead atoms. The summed E-state index contributed by atoms with van der Waals surface area (Å²) < 4.78 is 0.752. The van der Waals surface area contributed by atoms with Crippen LogP contribution in [0.1, 0.15) is 60.0 Å². The van der Waals surface area contributed by atoms with E-state index in [0.29, 0.717) is 27.5 Å². The summed E-state index contributed by atoms with van der Waals surface area (Å²) in [5, 5.41) is 13.3. The van der Waals surface area contributed by atoms with E-state index >= 15 is 0 Å². The molecule has 0 spiro atoms. The average Bonchev–Trinajstić information content (AvgIpc) is 2.97. The third-order valence-electron chi connectivity index (χ3n) is 5.74. The third-order valence-corrected chi connectivity index (χ3v) is 7.60. The van der Waals surface area contributed by atoms with Gasteiger partial charge in [-0.05, 0) is 64.2 Å². The highest BCUT2D eigenvalue weighted by Crippen LogP contribution is 2.45. The van der Waals surface area contributed by atoms with Crippen molar-refractivity contribution in [3.05, 3.63) is 50.3 Å². The van der Waals surface area contributed by atoms with Gasteiger partial charge >= 0.3 is 0 Å². The van der Waals surface area contributed by atoms with Gasteiger partial charge in [-0.25, -0.2) is 0 Å². The number of benzene rings is 1. The summed E-state index contributed by atoms with van der Waals surface area (Å²) in [5.74, 6) is 0.440. The minimum atomic E-state index is -0.182. The number of anilines is 1. The SMILES string of the molecule is CCC(C)(C)[C@H]1CCc2c(sc(NC(=O)c3ccccc3Br)c2C#N)C1. The summed E-state index contributed by atoms with van der Waals surface area (Å²) in [6, 6.07) is 9.66. The molecule has 3 rings (SSSR count). The van der Waals surface area contributed by atoms with Crippen LogP contribution in [-0.2, 0) is 12.8 Å². The van der Waals surface area contributed by atoms with Crippen LogP contribution in [-0.4, -0.2) is 5.91 Å². The Balaban J connectivity index is 1.88.